The number of hydrogen-bond donors (Lipinski definition) is 0. The van der Waals surface area contributed by atoms with E-state index in [2.05, 4.69) is 19.9 Å². The number of nitrogens with zero attached hydrogens (tertiary/aromatic N) is 5. The summed E-state index contributed by atoms with van der Waals surface area (Å²) in [6.07, 6.45) is 3.85. The first kappa shape index (κ1) is 13.3. The zero-order valence-corrected chi connectivity index (χ0v) is 11.3. The van der Waals surface area contributed by atoms with Crippen LogP contribution in [0.2, 0.25) is 0 Å². The Labute approximate surface area is 111 Å². The molecule has 0 saturated carbocycles. The van der Waals surface area contributed by atoms with Gasteiger partial charge in [0.25, 0.3) is 0 Å². The van der Waals surface area contributed by atoms with Gasteiger partial charge in [0.15, 0.2) is 5.82 Å². The predicted octanol–water partition coefficient (Wildman–Crippen LogP) is 0.822. The molecular formula is C12H17N5O2. The standard InChI is InChI=1S/C12H17N5O2/c1-4-16(7-5-10(18)19-3)11-12-15-14-9(2)17(12)8-6-13-11/h6,8H,4-5,7H2,1-3H3. The summed E-state index contributed by atoms with van der Waals surface area (Å²) < 4.78 is 6.53. The van der Waals surface area contributed by atoms with E-state index in [0.717, 1.165) is 18.2 Å². The van der Waals surface area contributed by atoms with Crippen molar-refractivity contribution in [3.63, 3.8) is 0 Å². The van der Waals surface area contributed by atoms with Gasteiger partial charge in [0.2, 0.25) is 5.65 Å². The van der Waals surface area contributed by atoms with E-state index >= 15 is 0 Å². The zero-order valence-electron chi connectivity index (χ0n) is 11.3. The molecule has 0 aliphatic heterocycles. The summed E-state index contributed by atoms with van der Waals surface area (Å²) in [7, 11) is 1.39. The highest BCUT2D eigenvalue weighted by molar-refractivity contribution is 5.71. The predicted molar refractivity (Wildman–Crippen MR) is 70.0 cm³/mol. The molecule has 0 atom stereocenters. The Morgan fingerprint density at radius 2 is 2.26 bits per heavy atom. The summed E-state index contributed by atoms with van der Waals surface area (Å²) in [6, 6.07) is 0. The maximum Gasteiger partial charge on any atom is 0.307 e. The van der Waals surface area contributed by atoms with Crippen molar-refractivity contribution >= 4 is 17.4 Å². The first-order valence-corrected chi connectivity index (χ1v) is 6.15. The number of methoxy groups -OCH3 is 1. The first-order valence-electron chi connectivity index (χ1n) is 6.15. The van der Waals surface area contributed by atoms with Crippen LogP contribution in [0.15, 0.2) is 12.4 Å². The summed E-state index contributed by atoms with van der Waals surface area (Å²) in [6.45, 7) is 5.16. The molecule has 0 saturated heterocycles. The minimum absolute atomic E-state index is 0.233. The van der Waals surface area contributed by atoms with Gasteiger partial charge in [0.1, 0.15) is 5.82 Å². The molecule has 7 nitrogen and oxygen atoms in total. The van der Waals surface area contributed by atoms with Gasteiger partial charge in [0, 0.05) is 25.5 Å². The minimum Gasteiger partial charge on any atom is -0.469 e. The number of esters is 1. The van der Waals surface area contributed by atoms with Crippen LogP contribution >= 0.6 is 0 Å². The molecule has 0 aliphatic rings. The van der Waals surface area contributed by atoms with Gasteiger partial charge >= 0.3 is 5.97 Å². The number of aromatic nitrogens is 4. The second-order valence-corrected chi connectivity index (χ2v) is 4.10. The lowest BCUT2D eigenvalue weighted by Gasteiger charge is -2.21. The Morgan fingerprint density at radius 3 is 2.95 bits per heavy atom. The molecule has 2 aromatic heterocycles. The molecule has 0 aromatic carbocycles. The van der Waals surface area contributed by atoms with Gasteiger partial charge in [0.05, 0.1) is 13.5 Å². The van der Waals surface area contributed by atoms with Gasteiger partial charge in [-0.1, -0.05) is 0 Å². The molecule has 2 heterocycles. The fourth-order valence-corrected chi connectivity index (χ4v) is 1.89. The van der Waals surface area contributed by atoms with Gasteiger partial charge in [-0.2, -0.15) is 0 Å². The summed E-state index contributed by atoms with van der Waals surface area (Å²) in [5.74, 6) is 1.31. The monoisotopic (exact) mass is 263 g/mol. The van der Waals surface area contributed by atoms with Crippen molar-refractivity contribution in [1.29, 1.82) is 0 Å². The molecule has 0 fully saturated rings. The quantitative estimate of drug-likeness (QED) is 0.744. The average Bonchev–Trinajstić information content (AvgIpc) is 2.82. The topological polar surface area (TPSA) is 72.6 Å². The molecule has 0 radical (unpaired) electrons. The van der Waals surface area contributed by atoms with Crippen LogP contribution in [-0.4, -0.2) is 45.8 Å². The van der Waals surface area contributed by atoms with Crippen LogP contribution in [0.25, 0.3) is 5.65 Å². The molecule has 0 bridgehead atoms. The molecule has 0 amide bonds. The molecule has 0 unspecified atom stereocenters. The highest BCUT2D eigenvalue weighted by Crippen LogP contribution is 2.17. The van der Waals surface area contributed by atoms with Crippen molar-refractivity contribution in [3.8, 4) is 0 Å². The van der Waals surface area contributed by atoms with E-state index in [1.54, 1.807) is 6.20 Å². The third kappa shape index (κ3) is 2.64. The number of carbonyl (C=O) groups is 1. The van der Waals surface area contributed by atoms with Crippen molar-refractivity contribution in [1.82, 2.24) is 19.6 Å². The van der Waals surface area contributed by atoms with Gasteiger partial charge in [-0.3, -0.25) is 9.20 Å². The van der Waals surface area contributed by atoms with E-state index in [1.165, 1.54) is 7.11 Å². The summed E-state index contributed by atoms with van der Waals surface area (Å²) in [5.41, 5.74) is 0.701. The Kier molecular flexibility index (Phi) is 3.94. The van der Waals surface area contributed by atoms with Crippen molar-refractivity contribution in [2.24, 2.45) is 0 Å². The van der Waals surface area contributed by atoms with Crippen molar-refractivity contribution in [2.75, 3.05) is 25.1 Å². The van der Waals surface area contributed by atoms with E-state index in [-0.39, 0.29) is 5.97 Å². The molecule has 0 spiro atoms. The van der Waals surface area contributed by atoms with Crippen LogP contribution in [0.5, 0.6) is 0 Å². The second kappa shape index (κ2) is 5.64. The maximum atomic E-state index is 11.2. The Morgan fingerprint density at radius 1 is 1.47 bits per heavy atom. The fraction of sp³-hybridized carbons (Fsp3) is 0.500. The normalized spacial score (nSPS) is 10.7. The number of hydrogen-bond acceptors (Lipinski definition) is 6. The Bertz CT molecular complexity index is 581. The SMILES string of the molecule is CCN(CCC(=O)OC)c1nccn2c(C)nnc12. The summed E-state index contributed by atoms with van der Waals surface area (Å²) >= 11 is 0. The maximum absolute atomic E-state index is 11.2. The van der Waals surface area contributed by atoms with Crippen LogP contribution in [-0.2, 0) is 9.53 Å². The van der Waals surface area contributed by atoms with E-state index in [1.807, 2.05) is 29.3 Å². The van der Waals surface area contributed by atoms with Crippen LogP contribution in [0, 0.1) is 6.92 Å². The molecular weight excluding hydrogens is 246 g/mol. The van der Waals surface area contributed by atoms with Crippen molar-refractivity contribution in [2.45, 2.75) is 20.3 Å². The summed E-state index contributed by atoms with van der Waals surface area (Å²) in [5, 5.41) is 8.17. The van der Waals surface area contributed by atoms with Gasteiger partial charge < -0.3 is 9.64 Å². The van der Waals surface area contributed by atoms with Gasteiger partial charge in [-0.25, -0.2) is 4.98 Å². The van der Waals surface area contributed by atoms with Crippen LogP contribution in [0.4, 0.5) is 5.82 Å². The van der Waals surface area contributed by atoms with E-state index < -0.39 is 0 Å². The second-order valence-electron chi connectivity index (χ2n) is 4.10. The van der Waals surface area contributed by atoms with Crippen LogP contribution in [0.1, 0.15) is 19.2 Å². The van der Waals surface area contributed by atoms with E-state index in [4.69, 9.17) is 0 Å². The molecule has 0 N–H and O–H groups in total. The summed E-state index contributed by atoms with van der Waals surface area (Å²) in [4.78, 5) is 17.6. The fourth-order valence-electron chi connectivity index (χ4n) is 1.89. The first-order chi connectivity index (χ1) is 9.17. The van der Waals surface area contributed by atoms with Crippen molar-refractivity contribution < 1.29 is 9.53 Å². The van der Waals surface area contributed by atoms with Crippen LogP contribution < -0.4 is 4.90 Å². The zero-order chi connectivity index (χ0) is 13.8. The molecule has 19 heavy (non-hydrogen) atoms. The van der Waals surface area contributed by atoms with Crippen molar-refractivity contribution in [3.05, 3.63) is 18.2 Å². The van der Waals surface area contributed by atoms with Crippen LogP contribution in [0.3, 0.4) is 0 Å². The Hall–Kier alpha value is -2.18. The molecule has 0 aliphatic carbocycles. The van der Waals surface area contributed by atoms with Gasteiger partial charge in [-0.15, -0.1) is 10.2 Å². The number of carbonyl (C=O) groups excluding carboxylic acids is 1. The molecule has 2 rings (SSSR count). The smallest absolute Gasteiger partial charge is 0.307 e. The number of fused-ring (bicyclic) bond motifs is 1. The highest BCUT2D eigenvalue weighted by Gasteiger charge is 2.14. The lowest BCUT2D eigenvalue weighted by Crippen LogP contribution is -2.27. The van der Waals surface area contributed by atoms with Gasteiger partial charge in [-0.05, 0) is 13.8 Å². The largest absolute Gasteiger partial charge is 0.469 e. The number of ether oxygens (including phenoxy) is 1. The lowest BCUT2D eigenvalue weighted by atomic mass is 10.3. The molecule has 7 heteroatoms. The van der Waals surface area contributed by atoms with E-state index in [0.29, 0.717) is 18.6 Å². The molecule has 102 valence electrons. The third-order valence-electron chi connectivity index (χ3n) is 2.97. The number of anilines is 1. The molecule has 2 aromatic rings. The van der Waals surface area contributed by atoms with E-state index in [9.17, 15) is 4.79 Å². The number of aryl methyl sites for hydroxylation is 1. The number of rotatable bonds is 5. The average molecular weight is 263 g/mol. The lowest BCUT2D eigenvalue weighted by molar-refractivity contribution is -0.140. The minimum atomic E-state index is -0.233. The highest BCUT2D eigenvalue weighted by atomic mass is 16.5. The Balaban J connectivity index is 2.27. The third-order valence-corrected chi connectivity index (χ3v) is 2.97.